The summed E-state index contributed by atoms with van der Waals surface area (Å²) >= 11 is 9.42. The van der Waals surface area contributed by atoms with E-state index in [-0.39, 0.29) is 17.9 Å². The van der Waals surface area contributed by atoms with E-state index in [1.807, 2.05) is 12.1 Å². The standard InChI is InChI=1S/C25H19BrClNO4/c1-32-20-12-2-15(3-13-20)14-28-22(16-6-10-19(27)11-7-16)21(24(30)25(28)31)23(29)17-4-8-18(26)9-5-17/h2-13,22,29H,14H2,1H3/b23-21-. The lowest BCUT2D eigenvalue weighted by Gasteiger charge is -2.25. The molecule has 4 rings (SSSR count). The average molecular weight is 513 g/mol. The number of benzene rings is 3. The van der Waals surface area contributed by atoms with E-state index in [0.717, 1.165) is 10.0 Å². The van der Waals surface area contributed by atoms with Crippen LogP contribution in [0.4, 0.5) is 0 Å². The minimum atomic E-state index is -0.752. The van der Waals surface area contributed by atoms with Gasteiger partial charge in [0.1, 0.15) is 11.5 Å². The molecular formula is C25H19BrClNO4. The van der Waals surface area contributed by atoms with Crippen LogP contribution in [0.15, 0.2) is 82.8 Å². The fourth-order valence-electron chi connectivity index (χ4n) is 3.73. The van der Waals surface area contributed by atoms with Gasteiger partial charge in [0.2, 0.25) is 0 Å². The van der Waals surface area contributed by atoms with E-state index >= 15 is 0 Å². The molecule has 0 spiro atoms. The fraction of sp³-hybridized carbons (Fsp3) is 0.120. The monoisotopic (exact) mass is 511 g/mol. The first kappa shape index (κ1) is 22.1. The van der Waals surface area contributed by atoms with Gasteiger partial charge in [-0.25, -0.2) is 0 Å². The highest BCUT2D eigenvalue weighted by molar-refractivity contribution is 9.10. The topological polar surface area (TPSA) is 66.8 Å². The first-order valence-corrected chi connectivity index (χ1v) is 11.0. The Bertz CT molecular complexity index is 1190. The van der Waals surface area contributed by atoms with Crippen molar-refractivity contribution >= 4 is 45.0 Å². The number of halogens is 2. The quantitative estimate of drug-likeness (QED) is 0.269. The lowest BCUT2D eigenvalue weighted by molar-refractivity contribution is -0.140. The minimum absolute atomic E-state index is 0.0492. The van der Waals surface area contributed by atoms with Crippen LogP contribution in [0.5, 0.6) is 5.75 Å². The Balaban J connectivity index is 1.82. The van der Waals surface area contributed by atoms with E-state index in [9.17, 15) is 14.7 Å². The molecule has 5 nitrogen and oxygen atoms in total. The zero-order valence-electron chi connectivity index (χ0n) is 17.1. The Morgan fingerprint density at radius 1 is 1.00 bits per heavy atom. The van der Waals surface area contributed by atoms with Crippen molar-refractivity contribution in [2.45, 2.75) is 12.6 Å². The molecule has 0 radical (unpaired) electrons. The zero-order valence-corrected chi connectivity index (χ0v) is 19.4. The van der Waals surface area contributed by atoms with Crippen LogP contribution in [0.25, 0.3) is 5.76 Å². The predicted octanol–water partition coefficient (Wildman–Crippen LogP) is 5.73. The molecular weight excluding hydrogens is 494 g/mol. The molecule has 1 N–H and O–H groups in total. The van der Waals surface area contributed by atoms with Crippen molar-refractivity contribution in [1.82, 2.24) is 4.90 Å². The van der Waals surface area contributed by atoms with Crippen LogP contribution in [0.1, 0.15) is 22.7 Å². The molecule has 3 aromatic carbocycles. The van der Waals surface area contributed by atoms with E-state index in [0.29, 0.717) is 21.9 Å². The Labute approximate surface area is 199 Å². The number of ether oxygens (including phenoxy) is 1. The second-order valence-corrected chi connectivity index (χ2v) is 8.69. The molecule has 1 aliphatic rings. The van der Waals surface area contributed by atoms with Crippen LogP contribution in [0.2, 0.25) is 5.02 Å². The number of nitrogens with zero attached hydrogens (tertiary/aromatic N) is 1. The Kier molecular flexibility index (Phi) is 6.35. The number of carbonyl (C=O) groups excluding carboxylic acids is 2. The molecule has 1 amide bonds. The number of aliphatic hydroxyl groups is 1. The van der Waals surface area contributed by atoms with Gasteiger partial charge in [0, 0.05) is 21.6 Å². The number of amides is 1. The van der Waals surface area contributed by atoms with Crippen molar-refractivity contribution in [1.29, 1.82) is 0 Å². The Morgan fingerprint density at radius 2 is 1.62 bits per heavy atom. The van der Waals surface area contributed by atoms with Crippen LogP contribution < -0.4 is 4.74 Å². The summed E-state index contributed by atoms with van der Waals surface area (Å²) in [5.74, 6) is -0.911. The number of carbonyl (C=O) groups is 2. The molecule has 32 heavy (non-hydrogen) atoms. The highest BCUT2D eigenvalue weighted by atomic mass is 79.9. The molecule has 0 aliphatic carbocycles. The van der Waals surface area contributed by atoms with Crippen LogP contribution in [0.3, 0.4) is 0 Å². The largest absolute Gasteiger partial charge is 0.507 e. The molecule has 1 aliphatic heterocycles. The maximum absolute atomic E-state index is 13.1. The number of aliphatic hydroxyl groups excluding tert-OH is 1. The molecule has 7 heteroatoms. The molecule has 0 bridgehead atoms. The predicted molar refractivity (Wildman–Crippen MR) is 126 cm³/mol. The fourth-order valence-corrected chi connectivity index (χ4v) is 4.12. The van der Waals surface area contributed by atoms with Gasteiger partial charge in [0.05, 0.1) is 18.7 Å². The normalized spacial score (nSPS) is 17.6. The molecule has 1 fully saturated rings. The number of hydrogen-bond donors (Lipinski definition) is 1. The number of Topliss-reactive ketones (excluding diaryl/α,β-unsaturated/α-hetero) is 1. The Hall–Kier alpha value is -3.09. The molecule has 3 aromatic rings. The van der Waals surface area contributed by atoms with Gasteiger partial charge in [-0.1, -0.05) is 63.9 Å². The molecule has 1 unspecified atom stereocenters. The van der Waals surface area contributed by atoms with Crippen molar-refractivity contribution in [2.24, 2.45) is 0 Å². The van der Waals surface area contributed by atoms with Gasteiger partial charge in [-0.3, -0.25) is 9.59 Å². The van der Waals surface area contributed by atoms with Crippen molar-refractivity contribution in [2.75, 3.05) is 7.11 Å². The summed E-state index contributed by atoms with van der Waals surface area (Å²) in [6, 6.07) is 20.3. The second kappa shape index (κ2) is 9.18. The van der Waals surface area contributed by atoms with Crippen molar-refractivity contribution < 1.29 is 19.4 Å². The van der Waals surface area contributed by atoms with Gasteiger partial charge >= 0.3 is 0 Å². The molecule has 162 valence electrons. The van der Waals surface area contributed by atoms with Crippen molar-refractivity contribution in [3.63, 3.8) is 0 Å². The SMILES string of the molecule is COc1ccc(CN2C(=O)C(=O)/C(=C(\O)c3ccc(Br)cc3)C2c2ccc(Cl)cc2)cc1. The molecule has 1 atom stereocenters. The van der Waals surface area contributed by atoms with Gasteiger partial charge in [0.15, 0.2) is 0 Å². The van der Waals surface area contributed by atoms with Gasteiger partial charge in [0.25, 0.3) is 11.7 Å². The first-order valence-electron chi connectivity index (χ1n) is 9.82. The number of ketones is 1. The van der Waals surface area contributed by atoms with Crippen LogP contribution in [0, 0.1) is 0 Å². The van der Waals surface area contributed by atoms with Gasteiger partial charge in [-0.05, 0) is 47.5 Å². The lowest BCUT2D eigenvalue weighted by atomic mass is 9.95. The number of hydrogen-bond acceptors (Lipinski definition) is 4. The third-order valence-electron chi connectivity index (χ3n) is 5.36. The van der Waals surface area contributed by atoms with Gasteiger partial charge < -0.3 is 14.7 Å². The van der Waals surface area contributed by atoms with E-state index in [2.05, 4.69) is 15.9 Å². The zero-order chi connectivity index (χ0) is 22.8. The highest BCUT2D eigenvalue weighted by Crippen LogP contribution is 2.40. The van der Waals surface area contributed by atoms with E-state index in [1.165, 1.54) is 4.90 Å². The van der Waals surface area contributed by atoms with Crippen LogP contribution >= 0.6 is 27.5 Å². The summed E-state index contributed by atoms with van der Waals surface area (Å²) in [4.78, 5) is 27.6. The number of methoxy groups -OCH3 is 1. The average Bonchev–Trinajstić information content (AvgIpc) is 3.05. The first-order chi connectivity index (χ1) is 15.4. The van der Waals surface area contributed by atoms with Crippen LogP contribution in [-0.2, 0) is 16.1 Å². The maximum atomic E-state index is 13.1. The summed E-state index contributed by atoms with van der Waals surface area (Å²) in [5, 5.41) is 11.6. The molecule has 1 heterocycles. The molecule has 0 aromatic heterocycles. The number of likely N-dealkylation sites (tertiary alicyclic amines) is 1. The van der Waals surface area contributed by atoms with E-state index in [1.54, 1.807) is 67.8 Å². The maximum Gasteiger partial charge on any atom is 0.295 e. The second-order valence-electron chi connectivity index (χ2n) is 7.33. The van der Waals surface area contributed by atoms with Crippen molar-refractivity contribution in [3.05, 3.63) is 105 Å². The summed E-state index contributed by atoms with van der Waals surface area (Å²) < 4.78 is 6.03. The van der Waals surface area contributed by atoms with Crippen LogP contribution in [-0.4, -0.2) is 28.8 Å². The number of rotatable bonds is 5. The van der Waals surface area contributed by atoms with Gasteiger partial charge in [-0.2, -0.15) is 0 Å². The highest BCUT2D eigenvalue weighted by Gasteiger charge is 2.46. The summed E-state index contributed by atoms with van der Waals surface area (Å²) in [7, 11) is 1.58. The molecule has 0 saturated carbocycles. The molecule has 1 saturated heterocycles. The summed E-state index contributed by atoms with van der Waals surface area (Å²) in [6.07, 6.45) is 0. The third-order valence-corrected chi connectivity index (χ3v) is 6.14. The summed E-state index contributed by atoms with van der Waals surface area (Å²) in [5.41, 5.74) is 2.01. The van der Waals surface area contributed by atoms with Crippen molar-refractivity contribution in [3.8, 4) is 5.75 Å². The summed E-state index contributed by atoms with van der Waals surface area (Å²) in [6.45, 7) is 0.193. The van der Waals surface area contributed by atoms with Gasteiger partial charge in [-0.15, -0.1) is 0 Å². The van der Waals surface area contributed by atoms with E-state index < -0.39 is 17.7 Å². The lowest BCUT2D eigenvalue weighted by Crippen LogP contribution is -2.29. The van der Waals surface area contributed by atoms with E-state index in [4.69, 9.17) is 16.3 Å². The smallest absolute Gasteiger partial charge is 0.295 e. The minimum Gasteiger partial charge on any atom is -0.507 e. The third kappa shape index (κ3) is 4.29. The Morgan fingerprint density at radius 3 is 2.22 bits per heavy atom.